The third-order valence-electron chi connectivity index (χ3n) is 3.35. The molecule has 2 heterocycles. The van der Waals surface area contributed by atoms with Gasteiger partial charge in [0.1, 0.15) is 16.3 Å². The highest BCUT2D eigenvalue weighted by Gasteiger charge is 2.34. The van der Waals surface area contributed by atoms with Crippen molar-refractivity contribution in [1.82, 2.24) is 9.38 Å². The highest BCUT2D eigenvalue weighted by Crippen LogP contribution is 2.32. The predicted octanol–water partition coefficient (Wildman–Crippen LogP) is 2.06. The molecule has 7 heteroatoms. The average Bonchev–Trinajstić information content (AvgIpc) is 2.83. The van der Waals surface area contributed by atoms with E-state index in [4.69, 9.17) is 4.74 Å². The Hall–Kier alpha value is -1.60. The number of aliphatic hydroxyl groups excluding tert-OH is 1. The van der Waals surface area contributed by atoms with E-state index in [0.29, 0.717) is 12.1 Å². The Bertz CT molecular complexity index is 757. The minimum absolute atomic E-state index is 0.135. The van der Waals surface area contributed by atoms with E-state index in [0.717, 1.165) is 0 Å². The van der Waals surface area contributed by atoms with Crippen LogP contribution >= 0.6 is 0 Å². The van der Waals surface area contributed by atoms with E-state index in [2.05, 4.69) is 4.98 Å². The van der Waals surface area contributed by atoms with Gasteiger partial charge in [-0.05, 0) is 27.7 Å². The van der Waals surface area contributed by atoms with Gasteiger partial charge in [0.05, 0.1) is 17.5 Å². The molecule has 6 nitrogen and oxygen atoms in total. The fraction of sp³-hybridized carbons (Fsp3) is 0.533. The van der Waals surface area contributed by atoms with Crippen molar-refractivity contribution in [3.05, 3.63) is 24.7 Å². The number of ether oxygens (including phenoxy) is 1. The molecule has 0 spiro atoms. The van der Waals surface area contributed by atoms with Crippen LogP contribution in [0.5, 0.6) is 5.75 Å². The molecular weight excluding hydrogens is 304 g/mol. The summed E-state index contributed by atoms with van der Waals surface area (Å²) in [6.07, 6.45) is 4.74. The zero-order valence-electron chi connectivity index (χ0n) is 13.3. The quantitative estimate of drug-likeness (QED) is 0.909. The number of nitrogens with zero attached hydrogens (tertiary/aromatic N) is 2. The van der Waals surface area contributed by atoms with Crippen LogP contribution in [0.3, 0.4) is 0 Å². The van der Waals surface area contributed by atoms with Gasteiger partial charge >= 0.3 is 0 Å². The largest absolute Gasteiger partial charge is 0.492 e. The lowest BCUT2D eigenvalue weighted by atomic mass is 10.3. The van der Waals surface area contributed by atoms with Crippen LogP contribution in [0.1, 0.15) is 34.1 Å². The molecule has 0 aromatic carbocycles. The zero-order chi connectivity index (χ0) is 16.5. The Kier molecular flexibility index (Phi) is 4.49. The molecule has 2 rings (SSSR count). The summed E-state index contributed by atoms with van der Waals surface area (Å²) < 4.78 is 31.9. The van der Waals surface area contributed by atoms with Crippen LogP contribution < -0.4 is 4.74 Å². The van der Waals surface area contributed by atoms with Crippen molar-refractivity contribution in [3.63, 3.8) is 0 Å². The number of hydrogen-bond donors (Lipinski definition) is 1. The van der Waals surface area contributed by atoms with Gasteiger partial charge in [0.2, 0.25) is 0 Å². The van der Waals surface area contributed by atoms with Crippen LogP contribution in [0.4, 0.5) is 0 Å². The van der Waals surface area contributed by atoms with E-state index in [1.807, 2.05) is 0 Å². The van der Waals surface area contributed by atoms with Crippen molar-refractivity contribution in [2.24, 2.45) is 0 Å². The number of aromatic nitrogens is 2. The average molecular weight is 326 g/mol. The Morgan fingerprint density at radius 2 is 2.09 bits per heavy atom. The second-order valence-electron chi connectivity index (χ2n) is 6.30. The second-order valence-corrected chi connectivity index (χ2v) is 8.97. The first-order valence-corrected chi connectivity index (χ1v) is 8.63. The minimum Gasteiger partial charge on any atom is -0.492 e. The molecule has 0 amide bonds. The summed E-state index contributed by atoms with van der Waals surface area (Å²) in [5.41, 5.74) is 0.611. The Morgan fingerprint density at radius 1 is 1.41 bits per heavy atom. The maximum atomic E-state index is 12.8. The molecule has 2 aromatic heterocycles. The maximum Gasteiger partial charge on any atom is 0.188 e. The number of fused-ring (bicyclic) bond motifs is 1. The van der Waals surface area contributed by atoms with Crippen LogP contribution in [0, 0.1) is 0 Å². The summed E-state index contributed by atoms with van der Waals surface area (Å²) in [5, 5.41) is 9.31. The lowest BCUT2D eigenvalue weighted by molar-refractivity contribution is 0.154. The molecule has 1 atom stereocenters. The van der Waals surface area contributed by atoms with E-state index < -0.39 is 20.7 Å². The number of aliphatic hydroxyl groups is 1. The Morgan fingerprint density at radius 3 is 2.68 bits per heavy atom. The topological polar surface area (TPSA) is 80.9 Å². The first-order chi connectivity index (χ1) is 10.1. The van der Waals surface area contributed by atoms with Gasteiger partial charge in [-0.1, -0.05) is 0 Å². The maximum absolute atomic E-state index is 12.8. The van der Waals surface area contributed by atoms with Crippen LogP contribution in [-0.4, -0.2) is 40.4 Å². The minimum atomic E-state index is -3.56. The van der Waals surface area contributed by atoms with Gasteiger partial charge in [0.25, 0.3) is 0 Å². The molecule has 0 fully saturated rings. The molecule has 122 valence electrons. The number of imidazole rings is 1. The first kappa shape index (κ1) is 16.8. The van der Waals surface area contributed by atoms with Gasteiger partial charge < -0.3 is 14.2 Å². The standard InChI is InChI=1S/C15H22N2O4S/c1-11(18)5-8-21-12-9-14-16-6-7-17(14)10-13(12)22(19,20)15(2,3)4/h6-7,9-11,18H,5,8H2,1-4H3/t11-/m1/s1. The summed E-state index contributed by atoms with van der Waals surface area (Å²) in [6.45, 7) is 6.86. The first-order valence-electron chi connectivity index (χ1n) is 7.15. The van der Waals surface area contributed by atoms with Crippen LogP contribution in [0.15, 0.2) is 29.6 Å². The van der Waals surface area contributed by atoms with E-state index in [9.17, 15) is 13.5 Å². The van der Waals surface area contributed by atoms with E-state index in [1.165, 1.54) is 6.20 Å². The third kappa shape index (κ3) is 3.25. The summed E-state index contributed by atoms with van der Waals surface area (Å²) >= 11 is 0. The molecule has 22 heavy (non-hydrogen) atoms. The van der Waals surface area contributed by atoms with E-state index >= 15 is 0 Å². The van der Waals surface area contributed by atoms with Crippen molar-refractivity contribution in [3.8, 4) is 5.75 Å². The molecule has 0 bridgehead atoms. The molecule has 0 unspecified atom stereocenters. The van der Waals surface area contributed by atoms with Gasteiger partial charge in [-0.2, -0.15) is 0 Å². The summed E-state index contributed by atoms with van der Waals surface area (Å²) in [7, 11) is -3.56. The van der Waals surface area contributed by atoms with Crippen molar-refractivity contribution in [2.75, 3.05) is 6.61 Å². The number of rotatable bonds is 5. The SMILES string of the molecule is C[C@@H](O)CCOc1cc2nccn2cc1S(=O)(=O)C(C)(C)C. The second kappa shape index (κ2) is 5.89. The molecule has 0 aliphatic heterocycles. The van der Waals surface area contributed by atoms with Crippen molar-refractivity contribution in [1.29, 1.82) is 0 Å². The lowest BCUT2D eigenvalue weighted by Gasteiger charge is -2.21. The van der Waals surface area contributed by atoms with Gasteiger partial charge in [-0.25, -0.2) is 13.4 Å². The van der Waals surface area contributed by atoms with Crippen molar-refractivity contribution in [2.45, 2.75) is 49.9 Å². The van der Waals surface area contributed by atoms with Crippen LogP contribution in [0.25, 0.3) is 5.65 Å². The van der Waals surface area contributed by atoms with Gasteiger partial charge in [0, 0.05) is 31.1 Å². The van der Waals surface area contributed by atoms with Gasteiger partial charge in [0.15, 0.2) is 9.84 Å². The molecule has 0 aliphatic carbocycles. The van der Waals surface area contributed by atoms with Gasteiger partial charge in [-0.15, -0.1) is 0 Å². The third-order valence-corrected chi connectivity index (χ3v) is 5.84. The van der Waals surface area contributed by atoms with Crippen molar-refractivity contribution >= 4 is 15.5 Å². The predicted molar refractivity (Wildman–Crippen MR) is 83.9 cm³/mol. The fourth-order valence-electron chi connectivity index (χ4n) is 1.91. The van der Waals surface area contributed by atoms with E-state index in [-0.39, 0.29) is 17.3 Å². The molecule has 0 saturated heterocycles. The number of hydrogen-bond acceptors (Lipinski definition) is 5. The number of sulfone groups is 1. The summed E-state index contributed by atoms with van der Waals surface area (Å²) in [4.78, 5) is 4.28. The molecule has 0 radical (unpaired) electrons. The van der Waals surface area contributed by atoms with Crippen LogP contribution in [-0.2, 0) is 9.84 Å². The Balaban J connectivity index is 2.50. The number of pyridine rings is 1. The monoisotopic (exact) mass is 326 g/mol. The van der Waals surface area contributed by atoms with Gasteiger partial charge in [-0.3, -0.25) is 0 Å². The summed E-state index contributed by atoms with van der Waals surface area (Å²) in [5.74, 6) is 0.272. The molecule has 1 N–H and O–H groups in total. The normalized spacial score (nSPS) is 14.2. The van der Waals surface area contributed by atoms with E-state index in [1.54, 1.807) is 50.6 Å². The Labute approximate surface area is 130 Å². The zero-order valence-corrected chi connectivity index (χ0v) is 14.1. The molecule has 2 aromatic rings. The molecule has 0 saturated carbocycles. The highest BCUT2D eigenvalue weighted by atomic mass is 32.2. The smallest absolute Gasteiger partial charge is 0.188 e. The highest BCUT2D eigenvalue weighted by molar-refractivity contribution is 7.92. The molecule has 0 aliphatic rings. The lowest BCUT2D eigenvalue weighted by Crippen LogP contribution is -2.28. The van der Waals surface area contributed by atoms with Crippen molar-refractivity contribution < 1.29 is 18.3 Å². The summed E-state index contributed by atoms with van der Waals surface area (Å²) in [6, 6.07) is 1.61. The molecular formula is C15H22N2O4S. The van der Waals surface area contributed by atoms with Crippen LogP contribution in [0.2, 0.25) is 0 Å². The fourth-order valence-corrected chi connectivity index (χ4v) is 3.20.